The van der Waals surface area contributed by atoms with Crippen LogP contribution in [0.3, 0.4) is 0 Å². The first-order chi connectivity index (χ1) is 9.68. The lowest BCUT2D eigenvalue weighted by Gasteiger charge is -2.02. The van der Waals surface area contributed by atoms with E-state index < -0.39 is 0 Å². The molecule has 20 heavy (non-hydrogen) atoms. The van der Waals surface area contributed by atoms with Gasteiger partial charge in [0.15, 0.2) is 6.29 Å². The highest BCUT2D eigenvalue weighted by Crippen LogP contribution is 2.49. The summed E-state index contributed by atoms with van der Waals surface area (Å²) in [6.45, 7) is 2.77. The van der Waals surface area contributed by atoms with Gasteiger partial charge >= 0.3 is 0 Å². The molecule has 4 rings (SSSR count). The number of fused-ring (bicyclic) bond motifs is 1. The van der Waals surface area contributed by atoms with E-state index in [0.717, 1.165) is 41.4 Å². The Hall–Kier alpha value is -2.26. The zero-order chi connectivity index (χ0) is 14.2. The third kappa shape index (κ3) is 2.28. The average molecular weight is 266 g/mol. The predicted molar refractivity (Wildman–Crippen MR) is 76.0 cm³/mol. The number of carbonyl (C=O) groups excluding carboxylic acids is 2. The summed E-state index contributed by atoms with van der Waals surface area (Å²) in [6, 6.07) is 13.2. The second-order valence-electron chi connectivity index (χ2n) is 5.15. The van der Waals surface area contributed by atoms with Crippen LogP contribution in [0.25, 0.3) is 11.1 Å². The lowest BCUT2D eigenvalue weighted by Crippen LogP contribution is -2.03. The van der Waals surface area contributed by atoms with Crippen molar-refractivity contribution in [1.82, 2.24) is 0 Å². The maximum absolute atomic E-state index is 10.7. The number of hydrogen-bond acceptors (Lipinski definition) is 3. The van der Waals surface area contributed by atoms with Crippen LogP contribution in [0.2, 0.25) is 0 Å². The molecule has 3 aliphatic rings. The van der Waals surface area contributed by atoms with Crippen molar-refractivity contribution in [2.45, 2.75) is 12.5 Å². The van der Waals surface area contributed by atoms with Crippen molar-refractivity contribution in [3.63, 3.8) is 0 Å². The maximum Gasteiger partial charge on any atom is 0.151 e. The molecule has 1 aromatic carbocycles. The normalized spacial score (nSPS) is 20.4. The molecule has 0 bridgehead atoms. The molecule has 1 fully saturated rings. The van der Waals surface area contributed by atoms with Gasteiger partial charge in [-0.2, -0.15) is 0 Å². The Morgan fingerprint density at radius 3 is 2.30 bits per heavy atom. The van der Waals surface area contributed by atoms with E-state index >= 15 is 0 Å². The third-order valence-corrected chi connectivity index (χ3v) is 3.61. The number of carbonyl (C=O) groups is 2. The van der Waals surface area contributed by atoms with Gasteiger partial charge in [-0.05, 0) is 35.7 Å². The van der Waals surface area contributed by atoms with E-state index in [1.165, 1.54) is 5.56 Å². The van der Waals surface area contributed by atoms with E-state index in [9.17, 15) is 9.59 Å². The Balaban J connectivity index is 0.000000133. The topological polar surface area (TPSA) is 46.7 Å². The summed E-state index contributed by atoms with van der Waals surface area (Å²) >= 11 is 0. The summed E-state index contributed by atoms with van der Waals surface area (Å²) < 4.78 is 5.29. The Morgan fingerprint density at radius 1 is 1.10 bits per heavy atom. The number of rotatable bonds is 3. The molecule has 1 unspecified atom stereocenters. The van der Waals surface area contributed by atoms with Crippen LogP contribution in [-0.4, -0.2) is 19.2 Å². The molecule has 1 atom stereocenters. The van der Waals surface area contributed by atoms with Crippen LogP contribution in [0.1, 0.15) is 33.2 Å². The quantitative estimate of drug-likeness (QED) is 0.540. The number of aldehydes is 2. The van der Waals surface area contributed by atoms with E-state index in [1.807, 2.05) is 31.2 Å². The highest BCUT2D eigenvalue weighted by molar-refractivity contribution is 6.00. The Labute approximate surface area is 117 Å². The van der Waals surface area contributed by atoms with Gasteiger partial charge < -0.3 is 4.74 Å². The summed E-state index contributed by atoms with van der Waals surface area (Å²) in [6.07, 6.45) is 1.77. The van der Waals surface area contributed by atoms with E-state index in [0.29, 0.717) is 0 Å². The van der Waals surface area contributed by atoms with E-state index in [2.05, 4.69) is 6.07 Å². The fourth-order valence-corrected chi connectivity index (χ4v) is 2.21. The van der Waals surface area contributed by atoms with Gasteiger partial charge in [0, 0.05) is 11.1 Å². The first-order valence-electron chi connectivity index (χ1n) is 6.46. The Kier molecular flexibility index (Phi) is 2.99. The maximum atomic E-state index is 10.7. The summed E-state index contributed by atoms with van der Waals surface area (Å²) in [5.74, 6) is 0. The minimum Gasteiger partial charge on any atom is -0.365 e. The minimum absolute atomic E-state index is 0.155. The first-order valence-corrected chi connectivity index (χ1v) is 6.46. The molecular weight excluding hydrogens is 252 g/mol. The van der Waals surface area contributed by atoms with Crippen molar-refractivity contribution >= 4 is 12.6 Å². The molecule has 1 aliphatic heterocycles. The predicted octanol–water partition coefficient (Wildman–Crippen LogP) is 3.22. The number of benzene rings is 2. The lowest BCUT2D eigenvalue weighted by molar-refractivity contribution is 0.111. The van der Waals surface area contributed by atoms with Crippen molar-refractivity contribution in [2.24, 2.45) is 0 Å². The van der Waals surface area contributed by atoms with Crippen molar-refractivity contribution in [2.75, 3.05) is 6.61 Å². The van der Waals surface area contributed by atoms with Crippen molar-refractivity contribution in [3.8, 4) is 11.1 Å². The molecule has 100 valence electrons. The van der Waals surface area contributed by atoms with Gasteiger partial charge in [0.05, 0.1) is 6.61 Å². The molecule has 3 heteroatoms. The van der Waals surface area contributed by atoms with Gasteiger partial charge in [-0.3, -0.25) is 9.59 Å². The van der Waals surface area contributed by atoms with Crippen LogP contribution in [0.5, 0.6) is 0 Å². The SMILES string of the molecule is CC1(c2cc3cc-3c2C=O)CO1.O=Cc1ccccc1. The Morgan fingerprint density at radius 2 is 1.80 bits per heavy atom. The monoisotopic (exact) mass is 266 g/mol. The first kappa shape index (κ1) is 12.8. The molecule has 1 aromatic rings. The van der Waals surface area contributed by atoms with E-state index in [4.69, 9.17) is 4.74 Å². The standard InChI is InChI=1S/C10H8O2.C7H6O/c1-10(5-12-10)9-3-6-2-7(6)8(9)4-11;8-6-7-4-2-1-3-5-7/h2-4H,5H2,1H3;1-6H. The van der Waals surface area contributed by atoms with Gasteiger partial charge in [-0.1, -0.05) is 30.3 Å². The van der Waals surface area contributed by atoms with E-state index in [1.54, 1.807) is 12.1 Å². The molecule has 3 nitrogen and oxygen atoms in total. The van der Waals surface area contributed by atoms with Crippen molar-refractivity contribution < 1.29 is 14.3 Å². The number of epoxide rings is 1. The zero-order valence-electron chi connectivity index (χ0n) is 11.1. The summed E-state index contributed by atoms with van der Waals surface area (Å²) in [4.78, 5) is 20.7. The highest BCUT2D eigenvalue weighted by atomic mass is 16.6. The smallest absolute Gasteiger partial charge is 0.151 e. The van der Waals surface area contributed by atoms with Crippen LogP contribution in [0, 0.1) is 0 Å². The zero-order valence-corrected chi connectivity index (χ0v) is 11.1. The van der Waals surface area contributed by atoms with Crippen LogP contribution in [0.4, 0.5) is 0 Å². The molecule has 1 saturated heterocycles. The lowest BCUT2D eigenvalue weighted by atomic mass is 10.0. The largest absolute Gasteiger partial charge is 0.365 e. The molecule has 0 spiro atoms. The minimum atomic E-state index is -0.155. The van der Waals surface area contributed by atoms with Gasteiger partial charge in [0.25, 0.3) is 0 Å². The van der Waals surface area contributed by atoms with E-state index in [-0.39, 0.29) is 5.60 Å². The molecule has 0 amide bonds. The summed E-state index contributed by atoms with van der Waals surface area (Å²) in [5.41, 5.74) is 4.82. The van der Waals surface area contributed by atoms with Crippen molar-refractivity contribution in [1.29, 1.82) is 0 Å². The molecule has 0 saturated carbocycles. The second-order valence-corrected chi connectivity index (χ2v) is 5.15. The third-order valence-electron chi connectivity index (χ3n) is 3.61. The second kappa shape index (κ2) is 4.69. The van der Waals surface area contributed by atoms with Gasteiger partial charge in [0.2, 0.25) is 0 Å². The summed E-state index contributed by atoms with van der Waals surface area (Å²) in [5, 5.41) is 0. The van der Waals surface area contributed by atoms with Crippen LogP contribution >= 0.6 is 0 Å². The summed E-state index contributed by atoms with van der Waals surface area (Å²) in [7, 11) is 0. The van der Waals surface area contributed by atoms with Gasteiger partial charge in [-0.15, -0.1) is 0 Å². The van der Waals surface area contributed by atoms with Gasteiger partial charge in [-0.25, -0.2) is 0 Å². The van der Waals surface area contributed by atoms with Crippen LogP contribution in [0.15, 0.2) is 42.5 Å². The molecule has 0 radical (unpaired) electrons. The number of ether oxygens (including phenoxy) is 1. The van der Waals surface area contributed by atoms with Crippen LogP contribution < -0.4 is 0 Å². The van der Waals surface area contributed by atoms with Crippen LogP contribution in [-0.2, 0) is 10.3 Å². The molecule has 0 aromatic heterocycles. The fourth-order valence-electron chi connectivity index (χ4n) is 2.21. The fraction of sp³-hybridized carbons (Fsp3) is 0.176. The molecule has 2 aliphatic carbocycles. The average Bonchev–Trinajstić information content (AvgIpc) is 3.40. The Bertz CT molecular complexity index is 670. The molecule has 1 heterocycles. The molecular formula is C17H14O3. The van der Waals surface area contributed by atoms with Gasteiger partial charge in [0.1, 0.15) is 11.9 Å². The van der Waals surface area contributed by atoms with Crippen molar-refractivity contribution in [3.05, 3.63) is 59.2 Å². The molecule has 0 N–H and O–H groups in total. The highest BCUT2D eigenvalue weighted by Gasteiger charge is 2.45. The number of hydrogen-bond donors (Lipinski definition) is 0.